The molecule has 0 saturated heterocycles. The molecule has 0 spiro atoms. The third-order valence-corrected chi connectivity index (χ3v) is 4.99. The Bertz CT molecular complexity index is 1240. The lowest BCUT2D eigenvalue weighted by molar-refractivity contribution is -0.275. The summed E-state index contributed by atoms with van der Waals surface area (Å²) in [6, 6.07) is 10.7. The van der Waals surface area contributed by atoms with Gasteiger partial charge in [0.25, 0.3) is 0 Å². The topological polar surface area (TPSA) is 41.9 Å². The van der Waals surface area contributed by atoms with E-state index in [4.69, 9.17) is 4.74 Å². The highest BCUT2D eigenvalue weighted by molar-refractivity contribution is 5.53. The largest absolute Gasteiger partial charge is 0.573 e. The molecule has 0 saturated carbocycles. The molecule has 0 fully saturated rings. The number of rotatable bonds is 8. The Balaban J connectivity index is 1.97. The van der Waals surface area contributed by atoms with E-state index < -0.39 is 66.4 Å². The maximum atomic E-state index is 14.3. The summed E-state index contributed by atoms with van der Waals surface area (Å²) in [5.41, 5.74) is -2.04. The zero-order chi connectivity index (χ0) is 28.3. The van der Waals surface area contributed by atoms with Gasteiger partial charge in [-0.05, 0) is 42.5 Å². The summed E-state index contributed by atoms with van der Waals surface area (Å²) in [7, 11) is 0. The van der Waals surface area contributed by atoms with Crippen molar-refractivity contribution in [3.05, 3.63) is 83.7 Å². The molecule has 0 heterocycles. The molecule has 4 nitrogen and oxygen atoms in total. The summed E-state index contributed by atoms with van der Waals surface area (Å²) >= 11 is 0. The first-order chi connectivity index (χ1) is 17.5. The van der Waals surface area contributed by atoms with E-state index in [2.05, 4.69) is 4.74 Å². The number of para-hydroxylation sites is 2. The first-order valence-electron chi connectivity index (χ1n) is 10.5. The van der Waals surface area contributed by atoms with Crippen LogP contribution < -0.4 is 14.4 Å². The molecule has 0 aliphatic heterocycles. The molecule has 38 heavy (non-hydrogen) atoms. The maximum Gasteiger partial charge on any atom is 0.573 e. The average molecular weight is 557 g/mol. The predicted octanol–water partition coefficient (Wildman–Crippen LogP) is 7.47. The molecule has 1 unspecified atom stereocenters. The molecule has 0 aliphatic carbocycles. The highest BCUT2D eigenvalue weighted by Crippen LogP contribution is 2.37. The summed E-state index contributed by atoms with van der Waals surface area (Å²) in [6.45, 7) is -2.05. The molecular weight excluding hydrogens is 540 g/mol. The molecule has 0 amide bonds. The second-order valence-electron chi connectivity index (χ2n) is 7.84. The third-order valence-electron chi connectivity index (χ3n) is 4.99. The number of alkyl halides is 9. The fraction of sp³-hybridized carbons (Fsp3) is 0.250. The predicted molar refractivity (Wildman–Crippen MR) is 114 cm³/mol. The van der Waals surface area contributed by atoms with Crippen molar-refractivity contribution in [2.24, 2.45) is 0 Å². The molecule has 14 heteroatoms. The number of ether oxygens (including phenoxy) is 2. The van der Waals surface area contributed by atoms with Crippen LogP contribution in [0.3, 0.4) is 0 Å². The number of hydrogen-bond acceptors (Lipinski definition) is 4. The van der Waals surface area contributed by atoms with Crippen molar-refractivity contribution in [1.29, 1.82) is 0 Å². The summed E-state index contributed by atoms with van der Waals surface area (Å²) in [4.78, 5) is 0.752. The van der Waals surface area contributed by atoms with Crippen molar-refractivity contribution < 1.29 is 58.5 Å². The molecule has 0 aromatic heterocycles. The smallest absolute Gasteiger partial charge is 0.453 e. The fourth-order valence-corrected chi connectivity index (χ4v) is 3.27. The van der Waals surface area contributed by atoms with E-state index in [1.54, 1.807) is 0 Å². The minimum atomic E-state index is -5.12. The van der Waals surface area contributed by atoms with Crippen LogP contribution in [-0.2, 0) is 12.7 Å². The van der Waals surface area contributed by atoms with E-state index in [9.17, 15) is 49.0 Å². The lowest BCUT2D eigenvalue weighted by Crippen LogP contribution is -2.41. The molecule has 1 atom stereocenters. The highest BCUT2D eigenvalue weighted by Gasteiger charge is 2.40. The highest BCUT2D eigenvalue weighted by atomic mass is 19.4. The standard InChI is InChI=1S/C24H17F10NO3/c25-18-9-8-15(22(26,27)28)10-14(18)12-35(13-21(36)23(29,30)31)16-4-3-5-17(11-16)37-19-6-1-2-7-20(19)38-24(32,33)34/h1-11,21,36H,12-13H2. The average Bonchev–Trinajstić information content (AvgIpc) is 2.79. The van der Waals surface area contributed by atoms with Gasteiger partial charge in [-0.3, -0.25) is 0 Å². The van der Waals surface area contributed by atoms with Crippen molar-refractivity contribution in [3.8, 4) is 17.2 Å². The van der Waals surface area contributed by atoms with Gasteiger partial charge in [0.1, 0.15) is 11.6 Å². The van der Waals surface area contributed by atoms with Crippen LogP contribution >= 0.6 is 0 Å². The molecule has 206 valence electrons. The van der Waals surface area contributed by atoms with Crippen LogP contribution in [0.2, 0.25) is 0 Å². The van der Waals surface area contributed by atoms with Crippen LogP contribution in [-0.4, -0.2) is 30.3 Å². The Hall–Kier alpha value is -3.68. The SMILES string of the molecule is OC(CN(Cc1cc(C(F)(F)F)ccc1F)c1cccc(Oc2ccccc2OC(F)(F)F)c1)C(F)(F)F. The van der Waals surface area contributed by atoms with Gasteiger partial charge in [0, 0.05) is 23.9 Å². The van der Waals surface area contributed by atoms with Gasteiger partial charge in [0.05, 0.1) is 12.1 Å². The van der Waals surface area contributed by atoms with Gasteiger partial charge in [-0.2, -0.15) is 26.3 Å². The van der Waals surface area contributed by atoms with Crippen molar-refractivity contribution in [3.63, 3.8) is 0 Å². The summed E-state index contributed by atoms with van der Waals surface area (Å²) in [5.74, 6) is -2.47. The summed E-state index contributed by atoms with van der Waals surface area (Å²) < 4.78 is 140. The lowest BCUT2D eigenvalue weighted by Gasteiger charge is -2.29. The molecular formula is C24H17F10NO3. The van der Waals surface area contributed by atoms with Crippen LogP contribution in [0.5, 0.6) is 17.2 Å². The van der Waals surface area contributed by atoms with E-state index in [0.717, 1.165) is 23.1 Å². The minimum absolute atomic E-state index is 0.170. The van der Waals surface area contributed by atoms with Crippen LogP contribution in [0.1, 0.15) is 11.1 Å². The Morgan fingerprint density at radius 1 is 0.789 bits per heavy atom. The molecule has 0 radical (unpaired) electrons. The number of hydrogen-bond donors (Lipinski definition) is 1. The van der Waals surface area contributed by atoms with Crippen molar-refractivity contribution in [2.75, 3.05) is 11.4 Å². The van der Waals surface area contributed by atoms with Gasteiger partial charge in [0.2, 0.25) is 0 Å². The number of aliphatic hydroxyl groups is 1. The van der Waals surface area contributed by atoms with Crippen molar-refractivity contribution >= 4 is 5.69 Å². The number of anilines is 1. The number of halogens is 10. The summed E-state index contributed by atoms with van der Waals surface area (Å²) in [6.07, 6.45) is -18.0. The zero-order valence-corrected chi connectivity index (χ0v) is 18.8. The van der Waals surface area contributed by atoms with E-state index in [-0.39, 0.29) is 11.4 Å². The van der Waals surface area contributed by atoms with Crippen LogP contribution in [0.4, 0.5) is 49.6 Å². The fourth-order valence-electron chi connectivity index (χ4n) is 3.27. The van der Waals surface area contributed by atoms with E-state index >= 15 is 0 Å². The van der Waals surface area contributed by atoms with E-state index in [1.165, 1.54) is 30.3 Å². The van der Waals surface area contributed by atoms with Crippen molar-refractivity contribution in [2.45, 2.75) is 31.4 Å². The zero-order valence-electron chi connectivity index (χ0n) is 18.8. The molecule has 3 aromatic carbocycles. The number of benzene rings is 3. The quantitative estimate of drug-likeness (QED) is 0.292. The Labute approximate surface area is 208 Å². The van der Waals surface area contributed by atoms with Gasteiger partial charge >= 0.3 is 18.7 Å². The monoisotopic (exact) mass is 557 g/mol. The van der Waals surface area contributed by atoms with E-state index in [0.29, 0.717) is 18.2 Å². The van der Waals surface area contributed by atoms with Gasteiger partial charge < -0.3 is 19.5 Å². The normalized spacial score (nSPS) is 13.2. The van der Waals surface area contributed by atoms with Crippen LogP contribution in [0.15, 0.2) is 66.7 Å². The molecule has 3 rings (SSSR count). The van der Waals surface area contributed by atoms with Crippen LogP contribution in [0, 0.1) is 5.82 Å². The number of nitrogens with zero attached hydrogens (tertiary/aromatic N) is 1. The second-order valence-corrected chi connectivity index (χ2v) is 7.84. The maximum absolute atomic E-state index is 14.3. The molecule has 1 N–H and O–H groups in total. The third kappa shape index (κ3) is 7.91. The van der Waals surface area contributed by atoms with Gasteiger partial charge in [-0.15, -0.1) is 13.2 Å². The Kier molecular flexibility index (Phi) is 8.34. The van der Waals surface area contributed by atoms with Gasteiger partial charge in [-0.1, -0.05) is 18.2 Å². The first-order valence-corrected chi connectivity index (χ1v) is 10.5. The number of aliphatic hydroxyl groups excluding tert-OH is 1. The summed E-state index contributed by atoms with van der Waals surface area (Å²) in [5, 5.41) is 9.60. The molecule has 0 bridgehead atoms. The Morgan fingerprint density at radius 3 is 2.05 bits per heavy atom. The second kappa shape index (κ2) is 11.0. The van der Waals surface area contributed by atoms with E-state index in [1.807, 2.05) is 0 Å². The van der Waals surface area contributed by atoms with Crippen LogP contribution in [0.25, 0.3) is 0 Å². The Morgan fingerprint density at radius 2 is 1.45 bits per heavy atom. The molecule has 3 aromatic rings. The lowest BCUT2D eigenvalue weighted by atomic mass is 10.1. The minimum Gasteiger partial charge on any atom is -0.453 e. The van der Waals surface area contributed by atoms with Crippen molar-refractivity contribution in [1.82, 2.24) is 0 Å². The first kappa shape index (κ1) is 28.9. The van der Waals surface area contributed by atoms with Gasteiger partial charge in [0.15, 0.2) is 17.6 Å². The van der Waals surface area contributed by atoms with Gasteiger partial charge in [-0.25, -0.2) is 4.39 Å². The molecule has 0 aliphatic rings.